The summed E-state index contributed by atoms with van der Waals surface area (Å²) in [5, 5.41) is 2.51. The molecule has 0 aliphatic carbocycles. The Kier molecular flexibility index (Phi) is 8.85. The fourth-order valence-corrected chi connectivity index (χ4v) is 5.37. The number of hydrogen-bond donors (Lipinski definition) is 0. The van der Waals surface area contributed by atoms with E-state index in [2.05, 4.69) is 6.07 Å². The van der Waals surface area contributed by atoms with Crippen LogP contribution in [0.15, 0.2) is 60.0 Å². The molecule has 2 aromatic carbocycles. The summed E-state index contributed by atoms with van der Waals surface area (Å²) < 4.78 is 16.6. The molecule has 0 fully saturated rings. The normalized spacial score (nSPS) is 14.8. The second-order valence-corrected chi connectivity index (χ2v) is 9.81. The van der Waals surface area contributed by atoms with Crippen molar-refractivity contribution >= 4 is 34.8 Å². The maximum absolute atomic E-state index is 13.6. The van der Waals surface area contributed by atoms with Crippen LogP contribution in [0.4, 0.5) is 0 Å². The summed E-state index contributed by atoms with van der Waals surface area (Å²) in [6.07, 6.45) is 0.773. The molecule has 36 heavy (non-hydrogen) atoms. The third-order valence-electron chi connectivity index (χ3n) is 6.11. The number of benzene rings is 2. The fourth-order valence-electron chi connectivity index (χ4n) is 4.25. The van der Waals surface area contributed by atoms with Gasteiger partial charge in [-0.2, -0.15) is 0 Å². The maximum atomic E-state index is 13.6. The van der Waals surface area contributed by atoms with Gasteiger partial charge in [0.15, 0.2) is 0 Å². The minimum Gasteiger partial charge on any atom is -0.497 e. The van der Waals surface area contributed by atoms with E-state index in [9.17, 15) is 9.59 Å². The molecule has 0 bridgehead atoms. The first kappa shape index (κ1) is 26.0. The van der Waals surface area contributed by atoms with Crippen LogP contribution in [0, 0.1) is 0 Å². The van der Waals surface area contributed by atoms with Gasteiger partial charge in [0, 0.05) is 41.7 Å². The van der Waals surface area contributed by atoms with Crippen LogP contribution in [-0.2, 0) is 16.0 Å². The standard InChI is InChI=1S/C27H29ClN2O5S/c1-33-13-12-29(27(32)19-5-3-6-20(28)15-19)17-26(31)30-11-9-25-23(10-14-36-25)24(30)18-35-22-8-4-7-21(16-22)34-2/h3-8,10,14-16,24H,9,11-13,17-18H2,1-2H3/t24-/m1/s1. The summed E-state index contributed by atoms with van der Waals surface area (Å²) in [5.41, 5.74) is 1.52. The Hall–Kier alpha value is -3.07. The van der Waals surface area contributed by atoms with Gasteiger partial charge < -0.3 is 24.0 Å². The summed E-state index contributed by atoms with van der Waals surface area (Å²) >= 11 is 7.79. The fraction of sp³-hybridized carbons (Fsp3) is 0.333. The summed E-state index contributed by atoms with van der Waals surface area (Å²) in [7, 11) is 3.18. The molecule has 1 atom stereocenters. The predicted molar refractivity (Wildman–Crippen MR) is 140 cm³/mol. The average molecular weight is 529 g/mol. The zero-order valence-corrected chi connectivity index (χ0v) is 21.9. The monoisotopic (exact) mass is 528 g/mol. The number of amides is 2. The van der Waals surface area contributed by atoms with Crippen molar-refractivity contribution in [3.63, 3.8) is 0 Å². The quantitative estimate of drug-likeness (QED) is 0.381. The molecule has 0 N–H and O–H groups in total. The van der Waals surface area contributed by atoms with Gasteiger partial charge in [-0.05, 0) is 53.8 Å². The predicted octanol–water partition coefficient (Wildman–Crippen LogP) is 4.70. The van der Waals surface area contributed by atoms with Crippen LogP contribution in [0.2, 0.25) is 5.02 Å². The lowest BCUT2D eigenvalue weighted by Gasteiger charge is -2.37. The van der Waals surface area contributed by atoms with Crippen molar-refractivity contribution < 1.29 is 23.8 Å². The SMILES string of the molecule is COCCN(CC(=O)N1CCc2sccc2[C@H]1COc1cccc(OC)c1)C(=O)c1cccc(Cl)c1. The maximum Gasteiger partial charge on any atom is 0.254 e. The molecule has 7 nitrogen and oxygen atoms in total. The van der Waals surface area contributed by atoms with Crippen LogP contribution in [0.3, 0.4) is 0 Å². The van der Waals surface area contributed by atoms with Gasteiger partial charge in [0.05, 0.1) is 19.8 Å². The van der Waals surface area contributed by atoms with Crippen molar-refractivity contribution in [2.75, 3.05) is 47.1 Å². The Morgan fingerprint density at radius 2 is 1.92 bits per heavy atom. The first-order chi connectivity index (χ1) is 17.5. The third kappa shape index (κ3) is 6.19. The molecule has 9 heteroatoms. The number of nitrogens with zero attached hydrogens (tertiary/aromatic N) is 2. The van der Waals surface area contributed by atoms with Gasteiger partial charge in [0.25, 0.3) is 5.91 Å². The zero-order chi connectivity index (χ0) is 25.5. The lowest BCUT2D eigenvalue weighted by Crippen LogP contribution is -2.48. The van der Waals surface area contributed by atoms with Crippen molar-refractivity contribution in [3.05, 3.63) is 81.0 Å². The number of ether oxygens (including phenoxy) is 3. The summed E-state index contributed by atoms with van der Waals surface area (Å²) in [5.74, 6) is 0.966. The highest BCUT2D eigenvalue weighted by Crippen LogP contribution is 2.34. The van der Waals surface area contributed by atoms with Crippen molar-refractivity contribution in [1.82, 2.24) is 9.80 Å². The van der Waals surface area contributed by atoms with Gasteiger partial charge in [-0.15, -0.1) is 11.3 Å². The smallest absolute Gasteiger partial charge is 0.254 e. The number of halogens is 1. The van der Waals surface area contributed by atoms with Gasteiger partial charge in [0.1, 0.15) is 24.7 Å². The highest BCUT2D eigenvalue weighted by atomic mass is 35.5. The molecule has 2 heterocycles. The first-order valence-electron chi connectivity index (χ1n) is 11.7. The molecule has 1 aromatic heterocycles. The second-order valence-electron chi connectivity index (χ2n) is 8.37. The third-order valence-corrected chi connectivity index (χ3v) is 7.35. The Bertz CT molecular complexity index is 1200. The number of carbonyl (C=O) groups excluding carboxylic acids is 2. The summed E-state index contributed by atoms with van der Waals surface area (Å²) in [6, 6.07) is 15.9. The van der Waals surface area contributed by atoms with Crippen LogP contribution in [0.5, 0.6) is 11.5 Å². The van der Waals surface area contributed by atoms with E-state index in [1.54, 1.807) is 49.8 Å². The van der Waals surface area contributed by atoms with E-state index >= 15 is 0 Å². The first-order valence-corrected chi connectivity index (χ1v) is 12.9. The number of hydrogen-bond acceptors (Lipinski definition) is 6. The van der Waals surface area contributed by atoms with E-state index in [1.807, 2.05) is 34.5 Å². The van der Waals surface area contributed by atoms with E-state index in [0.29, 0.717) is 41.8 Å². The van der Waals surface area contributed by atoms with Crippen molar-refractivity contribution in [2.24, 2.45) is 0 Å². The average Bonchev–Trinajstić information content (AvgIpc) is 3.38. The van der Waals surface area contributed by atoms with Crippen LogP contribution < -0.4 is 9.47 Å². The number of thiophene rings is 1. The molecule has 3 aromatic rings. The van der Waals surface area contributed by atoms with Gasteiger partial charge in [-0.3, -0.25) is 9.59 Å². The zero-order valence-electron chi connectivity index (χ0n) is 20.3. The number of rotatable bonds is 10. The van der Waals surface area contributed by atoms with E-state index in [-0.39, 0.29) is 30.9 Å². The highest BCUT2D eigenvalue weighted by molar-refractivity contribution is 7.10. The lowest BCUT2D eigenvalue weighted by molar-refractivity contribution is -0.135. The van der Waals surface area contributed by atoms with Crippen LogP contribution >= 0.6 is 22.9 Å². The van der Waals surface area contributed by atoms with Gasteiger partial charge in [-0.25, -0.2) is 0 Å². The molecule has 4 rings (SSSR count). The molecule has 1 aliphatic rings. The number of methoxy groups -OCH3 is 2. The molecule has 0 radical (unpaired) electrons. The van der Waals surface area contributed by atoms with Crippen molar-refractivity contribution in [2.45, 2.75) is 12.5 Å². The molecular formula is C27H29ClN2O5S. The molecular weight excluding hydrogens is 500 g/mol. The second kappa shape index (κ2) is 12.3. The van der Waals surface area contributed by atoms with Gasteiger partial charge in [0.2, 0.25) is 5.91 Å². The number of fused-ring (bicyclic) bond motifs is 1. The van der Waals surface area contributed by atoms with Crippen LogP contribution in [-0.4, -0.2) is 68.7 Å². The van der Waals surface area contributed by atoms with E-state index in [1.165, 1.54) is 9.78 Å². The molecule has 1 aliphatic heterocycles. The molecule has 0 saturated heterocycles. The van der Waals surface area contributed by atoms with Crippen LogP contribution in [0.25, 0.3) is 0 Å². The highest BCUT2D eigenvalue weighted by Gasteiger charge is 2.33. The van der Waals surface area contributed by atoms with Crippen molar-refractivity contribution in [1.29, 1.82) is 0 Å². The van der Waals surface area contributed by atoms with Gasteiger partial charge in [-0.1, -0.05) is 23.7 Å². The van der Waals surface area contributed by atoms with E-state index in [4.69, 9.17) is 25.8 Å². The Balaban J connectivity index is 1.52. The summed E-state index contributed by atoms with van der Waals surface area (Å²) in [6.45, 7) is 1.39. The Labute approximate surface area is 220 Å². The molecule has 0 saturated carbocycles. The van der Waals surface area contributed by atoms with Gasteiger partial charge >= 0.3 is 0 Å². The Morgan fingerprint density at radius 3 is 2.69 bits per heavy atom. The number of carbonyl (C=O) groups is 2. The van der Waals surface area contributed by atoms with Crippen LogP contribution in [0.1, 0.15) is 26.8 Å². The minimum absolute atomic E-state index is 0.0656. The molecule has 0 unspecified atom stereocenters. The Morgan fingerprint density at radius 1 is 1.11 bits per heavy atom. The topological polar surface area (TPSA) is 68.3 Å². The molecule has 190 valence electrons. The molecule has 2 amide bonds. The van der Waals surface area contributed by atoms with Crippen molar-refractivity contribution in [3.8, 4) is 11.5 Å². The summed E-state index contributed by atoms with van der Waals surface area (Å²) in [4.78, 5) is 31.4. The molecule has 0 spiro atoms. The van der Waals surface area contributed by atoms with E-state index in [0.717, 1.165) is 12.0 Å². The van der Waals surface area contributed by atoms with E-state index < -0.39 is 0 Å². The minimum atomic E-state index is -0.264. The largest absolute Gasteiger partial charge is 0.497 e. The lowest BCUT2D eigenvalue weighted by atomic mass is 10.0.